The van der Waals surface area contributed by atoms with Crippen LogP contribution in [0.15, 0.2) is 0 Å². The summed E-state index contributed by atoms with van der Waals surface area (Å²) >= 11 is 0. The standard InChI is InChI=1S/C7H12O5/c1-10-7(9)5(8)4-6-11-2-3-12-6/h5-6,8H,2-4H2,1H3. The van der Waals surface area contributed by atoms with Gasteiger partial charge in [-0.25, -0.2) is 4.79 Å². The molecule has 5 heteroatoms. The molecule has 0 aromatic rings. The molecule has 1 rings (SSSR count). The second-order valence-corrected chi connectivity index (χ2v) is 2.45. The monoisotopic (exact) mass is 176 g/mol. The lowest BCUT2D eigenvalue weighted by Crippen LogP contribution is -2.27. The molecular weight excluding hydrogens is 164 g/mol. The molecule has 0 aliphatic carbocycles. The molecule has 0 bridgehead atoms. The zero-order chi connectivity index (χ0) is 8.97. The normalized spacial score (nSPS) is 20.8. The first-order chi connectivity index (χ1) is 5.74. The van der Waals surface area contributed by atoms with Crippen molar-refractivity contribution in [3.63, 3.8) is 0 Å². The molecule has 1 N–H and O–H groups in total. The molecule has 1 unspecified atom stereocenters. The minimum absolute atomic E-state index is 0.132. The maximum absolute atomic E-state index is 10.7. The Labute approximate surface area is 70.2 Å². The number of aliphatic hydroxyl groups is 1. The SMILES string of the molecule is COC(=O)C(O)CC1OCCO1. The lowest BCUT2D eigenvalue weighted by molar-refractivity contribution is -0.156. The summed E-state index contributed by atoms with van der Waals surface area (Å²) in [6.45, 7) is 1.02. The third-order valence-corrected chi connectivity index (χ3v) is 1.58. The molecule has 1 heterocycles. The highest BCUT2D eigenvalue weighted by Crippen LogP contribution is 2.10. The van der Waals surface area contributed by atoms with E-state index in [0.29, 0.717) is 13.2 Å². The van der Waals surface area contributed by atoms with E-state index in [4.69, 9.17) is 14.6 Å². The van der Waals surface area contributed by atoms with Crippen molar-refractivity contribution in [1.29, 1.82) is 0 Å². The average molecular weight is 176 g/mol. The smallest absolute Gasteiger partial charge is 0.334 e. The molecule has 12 heavy (non-hydrogen) atoms. The van der Waals surface area contributed by atoms with Crippen LogP contribution in [-0.2, 0) is 19.0 Å². The first-order valence-electron chi connectivity index (χ1n) is 3.73. The summed E-state index contributed by atoms with van der Waals surface area (Å²) in [6, 6.07) is 0. The molecule has 1 atom stereocenters. The van der Waals surface area contributed by atoms with E-state index >= 15 is 0 Å². The number of methoxy groups -OCH3 is 1. The van der Waals surface area contributed by atoms with Crippen molar-refractivity contribution >= 4 is 5.97 Å². The quantitative estimate of drug-likeness (QED) is 0.575. The van der Waals surface area contributed by atoms with E-state index < -0.39 is 18.4 Å². The van der Waals surface area contributed by atoms with Crippen molar-refractivity contribution < 1.29 is 24.1 Å². The van der Waals surface area contributed by atoms with Crippen molar-refractivity contribution in [2.24, 2.45) is 0 Å². The highest BCUT2D eigenvalue weighted by atomic mass is 16.7. The molecule has 0 spiro atoms. The first-order valence-corrected chi connectivity index (χ1v) is 3.73. The Balaban J connectivity index is 2.24. The van der Waals surface area contributed by atoms with Gasteiger partial charge in [-0.15, -0.1) is 0 Å². The van der Waals surface area contributed by atoms with E-state index in [2.05, 4.69) is 4.74 Å². The molecule has 1 fully saturated rings. The van der Waals surface area contributed by atoms with E-state index in [1.165, 1.54) is 7.11 Å². The van der Waals surface area contributed by atoms with Gasteiger partial charge < -0.3 is 19.3 Å². The Morgan fingerprint density at radius 3 is 2.75 bits per heavy atom. The summed E-state index contributed by atoms with van der Waals surface area (Å²) in [4.78, 5) is 10.7. The molecule has 1 aliphatic rings. The molecule has 70 valence electrons. The fraction of sp³-hybridized carbons (Fsp3) is 0.857. The van der Waals surface area contributed by atoms with E-state index in [9.17, 15) is 4.79 Å². The van der Waals surface area contributed by atoms with Gasteiger partial charge >= 0.3 is 5.97 Å². The summed E-state index contributed by atoms with van der Waals surface area (Å²) in [5.74, 6) is -0.658. The van der Waals surface area contributed by atoms with E-state index in [-0.39, 0.29) is 6.42 Å². The molecule has 0 saturated carbocycles. The van der Waals surface area contributed by atoms with Crippen LogP contribution in [0.1, 0.15) is 6.42 Å². The van der Waals surface area contributed by atoms with Crippen LogP contribution < -0.4 is 0 Å². The van der Waals surface area contributed by atoms with Gasteiger partial charge in [0.15, 0.2) is 12.4 Å². The fourth-order valence-corrected chi connectivity index (χ4v) is 0.958. The molecular formula is C7H12O5. The summed E-state index contributed by atoms with van der Waals surface area (Å²) < 4.78 is 14.4. The van der Waals surface area contributed by atoms with Gasteiger partial charge in [0.2, 0.25) is 0 Å². The third kappa shape index (κ3) is 2.44. The van der Waals surface area contributed by atoms with Crippen molar-refractivity contribution in [2.75, 3.05) is 20.3 Å². The Morgan fingerprint density at radius 2 is 2.25 bits per heavy atom. The molecule has 0 radical (unpaired) electrons. The fourth-order valence-electron chi connectivity index (χ4n) is 0.958. The van der Waals surface area contributed by atoms with Crippen molar-refractivity contribution in [3.05, 3.63) is 0 Å². The lowest BCUT2D eigenvalue weighted by Gasteiger charge is -2.12. The van der Waals surface area contributed by atoms with Crippen LogP contribution in [0.4, 0.5) is 0 Å². The van der Waals surface area contributed by atoms with Crippen LogP contribution in [0.25, 0.3) is 0 Å². The summed E-state index contributed by atoms with van der Waals surface area (Å²) in [5.41, 5.74) is 0. The minimum Gasteiger partial charge on any atom is -0.467 e. The second kappa shape index (κ2) is 4.39. The zero-order valence-electron chi connectivity index (χ0n) is 6.86. The van der Waals surface area contributed by atoms with Crippen LogP contribution in [0, 0.1) is 0 Å². The summed E-state index contributed by atoms with van der Waals surface area (Å²) in [5, 5.41) is 9.14. The number of ether oxygens (including phenoxy) is 3. The average Bonchev–Trinajstić information content (AvgIpc) is 2.55. The maximum atomic E-state index is 10.7. The Bertz CT molecular complexity index is 152. The van der Waals surface area contributed by atoms with Crippen molar-refractivity contribution in [3.8, 4) is 0 Å². The number of hydrogen-bond acceptors (Lipinski definition) is 5. The largest absolute Gasteiger partial charge is 0.467 e. The van der Waals surface area contributed by atoms with Crippen LogP contribution in [0.5, 0.6) is 0 Å². The van der Waals surface area contributed by atoms with Gasteiger partial charge in [-0.05, 0) is 0 Å². The predicted octanol–water partition coefficient (Wildman–Crippen LogP) is -0.717. The predicted molar refractivity (Wildman–Crippen MR) is 38.3 cm³/mol. The number of aliphatic hydroxyl groups excluding tert-OH is 1. The minimum atomic E-state index is -1.15. The van der Waals surface area contributed by atoms with Gasteiger partial charge in [-0.1, -0.05) is 0 Å². The second-order valence-electron chi connectivity index (χ2n) is 2.45. The van der Waals surface area contributed by atoms with Gasteiger partial charge in [-0.2, -0.15) is 0 Å². The van der Waals surface area contributed by atoms with Crippen LogP contribution in [0.3, 0.4) is 0 Å². The number of hydrogen-bond donors (Lipinski definition) is 1. The summed E-state index contributed by atoms with van der Waals surface area (Å²) in [7, 11) is 1.22. The van der Waals surface area contributed by atoms with Crippen molar-refractivity contribution in [2.45, 2.75) is 18.8 Å². The van der Waals surface area contributed by atoms with Gasteiger partial charge in [0.1, 0.15) is 0 Å². The molecule has 0 aromatic heterocycles. The van der Waals surface area contributed by atoms with Crippen LogP contribution >= 0.6 is 0 Å². The van der Waals surface area contributed by atoms with E-state index in [1.54, 1.807) is 0 Å². The molecule has 0 amide bonds. The Morgan fingerprint density at radius 1 is 1.67 bits per heavy atom. The number of carbonyl (C=O) groups excluding carboxylic acids is 1. The van der Waals surface area contributed by atoms with Gasteiger partial charge in [0.25, 0.3) is 0 Å². The molecule has 1 saturated heterocycles. The lowest BCUT2D eigenvalue weighted by atomic mass is 10.2. The van der Waals surface area contributed by atoms with Gasteiger partial charge in [-0.3, -0.25) is 0 Å². The Hall–Kier alpha value is -0.650. The van der Waals surface area contributed by atoms with E-state index in [0.717, 1.165) is 0 Å². The number of rotatable bonds is 3. The van der Waals surface area contributed by atoms with Crippen LogP contribution in [-0.4, -0.2) is 43.8 Å². The third-order valence-electron chi connectivity index (χ3n) is 1.58. The molecule has 5 nitrogen and oxygen atoms in total. The molecule has 1 aliphatic heterocycles. The highest BCUT2D eigenvalue weighted by molar-refractivity contribution is 5.74. The number of esters is 1. The highest BCUT2D eigenvalue weighted by Gasteiger charge is 2.24. The van der Waals surface area contributed by atoms with E-state index in [1.807, 2.05) is 0 Å². The summed E-state index contributed by atoms with van der Waals surface area (Å²) in [6.07, 6.45) is -1.50. The van der Waals surface area contributed by atoms with Crippen LogP contribution in [0.2, 0.25) is 0 Å². The Kier molecular flexibility index (Phi) is 3.46. The number of carbonyl (C=O) groups is 1. The van der Waals surface area contributed by atoms with Gasteiger partial charge in [0, 0.05) is 6.42 Å². The first kappa shape index (κ1) is 9.44. The topological polar surface area (TPSA) is 65.0 Å². The maximum Gasteiger partial charge on any atom is 0.334 e. The molecule has 0 aromatic carbocycles. The van der Waals surface area contributed by atoms with Crippen molar-refractivity contribution in [1.82, 2.24) is 0 Å². The van der Waals surface area contributed by atoms with Gasteiger partial charge in [0.05, 0.1) is 20.3 Å². The zero-order valence-corrected chi connectivity index (χ0v) is 6.86.